The van der Waals surface area contributed by atoms with E-state index in [1.54, 1.807) is 36.4 Å². The predicted molar refractivity (Wildman–Crippen MR) is 236 cm³/mol. The number of hydrogen-bond donors (Lipinski definition) is 3. The van der Waals surface area contributed by atoms with Crippen molar-refractivity contribution in [2.75, 3.05) is 34.4 Å². The highest BCUT2D eigenvalue weighted by Crippen LogP contribution is 2.38. The number of imidazole rings is 1. The van der Waals surface area contributed by atoms with Crippen LogP contribution in [0, 0.1) is 0 Å². The number of ether oxygens (including phenoxy) is 3. The lowest BCUT2D eigenvalue weighted by Crippen LogP contribution is -2.56. The molecule has 14 nitrogen and oxygen atoms in total. The van der Waals surface area contributed by atoms with Gasteiger partial charge in [0.05, 0.1) is 50.8 Å². The van der Waals surface area contributed by atoms with Crippen LogP contribution in [0.25, 0.3) is 38.7 Å². The quantitative estimate of drug-likeness (QED) is 0.114. The highest BCUT2D eigenvalue weighted by Gasteiger charge is 2.51. The lowest BCUT2D eigenvalue weighted by Gasteiger charge is -2.31. The third-order valence-electron chi connectivity index (χ3n) is 12.3. The minimum absolute atomic E-state index is 0.234. The molecular formula is C48H49F2N7O7. The molecule has 5 atom stereocenters. The van der Waals surface area contributed by atoms with Gasteiger partial charge in [-0.2, -0.15) is 0 Å². The molecule has 16 heteroatoms. The van der Waals surface area contributed by atoms with Crippen molar-refractivity contribution in [1.82, 2.24) is 30.4 Å². The average molecular weight is 874 g/mol. The number of fused-ring (bicyclic) bond motifs is 1. The minimum atomic E-state index is -3.13. The lowest BCUT2D eigenvalue weighted by molar-refractivity contribution is -0.137. The molecule has 5 aromatic rings. The van der Waals surface area contributed by atoms with E-state index in [0.717, 1.165) is 69.1 Å². The highest BCUT2D eigenvalue weighted by atomic mass is 19.3. The molecule has 2 fully saturated rings. The third-order valence-corrected chi connectivity index (χ3v) is 12.3. The van der Waals surface area contributed by atoms with Gasteiger partial charge in [0, 0.05) is 44.0 Å². The number of hydrogen-bond acceptors (Lipinski definition) is 9. The summed E-state index contributed by atoms with van der Waals surface area (Å²) in [5.41, 5.74) is 6.59. The summed E-state index contributed by atoms with van der Waals surface area (Å²) in [7, 11) is 3.79. The summed E-state index contributed by atoms with van der Waals surface area (Å²) in [6, 6.07) is 26.1. The van der Waals surface area contributed by atoms with Crippen LogP contribution < -0.4 is 10.6 Å². The zero-order valence-corrected chi connectivity index (χ0v) is 35.8. The summed E-state index contributed by atoms with van der Waals surface area (Å²) in [6.45, 7) is 1.30. The fraction of sp³-hybridized carbons (Fsp3) is 0.333. The van der Waals surface area contributed by atoms with Gasteiger partial charge in [-0.3, -0.25) is 14.6 Å². The molecule has 0 bridgehead atoms. The molecule has 64 heavy (non-hydrogen) atoms. The van der Waals surface area contributed by atoms with Crippen LogP contribution in [0.1, 0.15) is 61.6 Å². The van der Waals surface area contributed by atoms with E-state index in [0.29, 0.717) is 23.6 Å². The van der Waals surface area contributed by atoms with Gasteiger partial charge in [-0.05, 0) is 70.5 Å². The first-order chi connectivity index (χ1) is 30.9. The van der Waals surface area contributed by atoms with E-state index in [2.05, 4.69) is 55.7 Å². The first-order valence-corrected chi connectivity index (χ1v) is 21.1. The van der Waals surface area contributed by atoms with Gasteiger partial charge in [-0.15, -0.1) is 0 Å². The maximum Gasteiger partial charge on any atom is 0.407 e. The second-order valence-electron chi connectivity index (χ2n) is 16.3. The van der Waals surface area contributed by atoms with E-state index in [1.807, 2.05) is 48.5 Å². The number of aromatic amines is 1. The summed E-state index contributed by atoms with van der Waals surface area (Å²) in [4.78, 5) is 67.4. The number of likely N-dealkylation sites (tertiary alicyclic amines) is 2. The van der Waals surface area contributed by atoms with Crippen LogP contribution >= 0.6 is 0 Å². The standard InChI is InChI=1S/C48H49F2N7O7/c1-28(62-2)41(54-46(60)63-3)44(58)57-27-48(49,50)24-40(57)37-23-36(25-51-37)30-14-12-29(13-15-30)32-16-17-34-22-35(19-18-33(34)21-32)38-26-52-43(53-38)39-11-8-20-56(39)45(59)42(55-47(61)64-4)31-9-6-5-7-10-31/h5-7,9-10,12-19,21-22,25-26,28,39-42H,8,11,20,23-24,27H2,1-4H3,(H,52,53)(H,54,60)(H,55,61)/t28-,39+,40+,41+,42-/m1/s1. The predicted octanol–water partition coefficient (Wildman–Crippen LogP) is 7.84. The maximum atomic E-state index is 14.9. The SMILES string of the molecule is COC(=O)N[C@H](C(=O)N1CC(F)(F)C[C@H]1C1=NC=C(c2ccc(-c3ccc4cc(-c5cnc([C@@H]6CCCN6C(=O)[C@H](NC(=O)OC)c6ccccc6)[nH]5)ccc4c3)cc2)C1)[C@@H](C)OC. The molecule has 0 saturated carbocycles. The largest absolute Gasteiger partial charge is 0.453 e. The summed E-state index contributed by atoms with van der Waals surface area (Å²) < 4.78 is 44.6. The van der Waals surface area contributed by atoms with E-state index in [4.69, 9.17) is 14.5 Å². The smallest absolute Gasteiger partial charge is 0.407 e. The number of alkyl halides is 2. The number of carbonyl (C=O) groups is 4. The van der Waals surface area contributed by atoms with Crippen molar-refractivity contribution < 1.29 is 42.2 Å². The van der Waals surface area contributed by atoms with Gasteiger partial charge in [0.25, 0.3) is 11.8 Å². The zero-order chi connectivity index (χ0) is 45.1. The van der Waals surface area contributed by atoms with Gasteiger partial charge in [-0.25, -0.2) is 23.4 Å². The molecule has 4 aromatic carbocycles. The Bertz CT molecular complexity index is 2620. The molecule has 4 amide bonds. The van der Waals surface area contributed by atoms with E-state index < -0.39 is 61.2 Å². The van der Waals surface area contributed by atoms with Crippen molar-refractivity contribution in [2.45, 2.75) is 68.8 Å². The molecule has 332 valence electrons. The molecule has 0 unspecified atom stereocenters. The monoisotopic (exact) mass is 873 g/mol. The van der Waals surface area contributed by atoms with E-state index in [1.165, 1.54) is 14.2 Å². The molecule has 8 rings (SSSR count). The lowest BCUT2D eigenvalue weighted by atomic mass is 9.95. The van der Waals surface area contributed by atoms with Gasteiger partial charge in [0.15, 0.2) is 0 Å². The fourth-order valence-corrected chi connectivity index (χ4v) is 8.77. The first-order valence-electron chi connectivity index (χ1n) is 21.1. The Labute approximate surface area is 368 Å². The van der Waals surface area contributed by atoms with Gasteiger partial charge in [0.1, 0.15) is 17.9 Å². The topological polar surface area (TPSA) is 168 Å². The number of nitrogens with zero attached hydrogens (tertiary/aromatic N) is 4. The van der Waals surface area contributed by atoms with E-state index in [9.17, 15) is 28.0 Å². The van der Waals surface area contributed by atoms with Gasteiger partial charge in [0.2, 0.25) is 5.91 Å². The molecule has 2 saturated heterocycles. The average Bonchev–Trinajstić information content (AvgIpc) is 4.16. The van der Waals surface area contributed by atoms with Gasteiger partial charge >= 0.3 is 12.2 Å². The van der Waals surface area contributed by atoms with Gasteiger partial charge in [-0.1, -0.05) is 78.9 Å². The Morgan fingerprint density at radius 3 is 2.16 bits per heavy atom. The van der Waals surface area contributed by atoms with Crippen molar-refractivity contribution in [3.8, 4) is 22.4 Å². The second kappa shape index (κ2) is 18.4. The number of nitrogens with one attached hydrogen (secondary N) is 3. The summed E-state index contributed by atoms with van der Waals surface area (Å²) in [5, 5.41) is 7.20. The van der Waals surface area contributed by atoms with Crippen molar-refractivity contribution >= 4 is 46.1 Å². The molecule has 3 aliphatic heterocycles. The van der Waals surface area contributed by atoms with Crippen LogP contribution in [0.4, 0.5) is 18.4 Å². The summed E-state index contributed by atoms with van der Waals surface area (Å²) in [5.74, 6) is -3.39. The van der Waals surface area contributed by atoms with E-state index in [-0.39, 0.29) is 18.4 Å². The normalized spacial score (nSPS) is 19.4. The molecule has 0 radical (unpaired) electrons. The number of alkyl carbamates (subject to hydrolysis) is 2. The molecular weight excluding hydrogens is 825 g/mol. The summed E-state index contributed by atoms with van der Waals surface area (Å²) in [6.07, 6.45) is 2.32. The van der Waals surface area contributed by atoms with Crippen molar-refractivity contribution in [3.05, 3.63) is 120 Å². The number of methoxy groups -OCH3 is 3. The van der Waals surface area contributed by atoms with E-state index >= 15 is 0 Å². The zero-order valence-electron chi connectivity index (χ0n) is 35.8. The Kier molecular flexibility index (Phi) is 12.6. The second-order valence-corrected chi connectivity index (χ2v) is 16.3. The fourth-order valence-electron chi connectivity index (χ4n) is 8.77. The Hall–Kier alpha value is -6.94. The highest BCUT2D eigenvalue weighted by molar-refractivity contribution is 6.04. The first kappa shape index (κ1) is 43.7. The number of rotatable bonds is 12. The van der Waals surface area contributed by atoms with Crippen molar-refractivity contribution in [3.63, 3.8) is 0 Å². The summed E-state index contributed by atoms with van der Waals surface area (Å²) >= 11 is 0. The van der Waals surface area contributed by atoms with Crippen LogP contribution in [-0.4, -0.2) is 108 Å². The minimum Gasteiger partial charge on any atom is -0.453 e. The number of carbonyl (C=O) groups excluding carboxylic acids is 4. The number of aromatic nitrogens is 2. The van der Waals surface area contributed by atoms with Crippen LogP contribution in [0.15, 0.2) is 108 Å². The molecule has 3 N–H and O–H groups in total. The number of benzene rings is 4. The molecule has 1 aromatic heterocycles. The van der Waals surface area contributed by atoms with Crippen LogP contribution in [-0.2, 0) is 23.8 Å². The molecule has 0 spiro atoms. The number of aliphatic imine (C=N–C) groups is 1. The molecule has 0 aliphatic carbocycles. The Balaban J connectivity index is 0.929. The van der Waals surface area contributed by atoms with Crippen molar-refractivity contribution in [1.29, 1.82) is 0 Å². The third kappa shape index (κ3) is 9.09. The van der Waals surface area contributed by atoms with Crippen LogP contribution in [0.5, 0.6) is 0 Å². The number of amides is 4. The van der Waals surface area contributed by atoms with Crippen molar-refractivity contribution in [2.24, 2.45) is 4.99 Å². The number of H-pyrrole nitrogens is 1. The van der Waals surface area contributed by atoms with Crippen LogP contribution in [0.2, 0.25) is 0 Å². The molecule has 4 heterocycles. The Morgan fingerprint density at radius 2 is 1.45 bits per heavy atom. The number of halogens is 2. The number of allylic oxidation sites excluding steroid dienone is 1. The van der Waals surface area contributed by atoms with Crippen LogP contribution in [0.3, 0.4) is 0 Å². The molecule has 3 aliphatic rings. The Morgan fingerprint density at radius 1 is 0.797 bits per heavy atom. The maximum absolute atomic E-state index is 14.9. The van der Waals surface area contributed by atoms with Gasteiger partial charge < -0.3 is 39.6 Å².